The zero-order valence-electron chi connectivity index (χ0n) is 11.8. The highest BCUT2D eigenvalue weighted by Gasteiger charge is 2.03. The molecule has 1 aromatic carbocycles. The summed E-state index contributed by atoms with van der Waals surface area (Å²) in [5.41, 5.74) is 3.21. The molecule has 108 valence electrons. The van der Waals surface area contributed by atoms with Crippen LogP contribution in [0.2, 0.25) is 0 Å². The molecule has 2 rings (SSSR count). The molecule has 0 aliphatic rings. The Labute approximate surface area is 128 Å². The van der Waals surface area contributed by atoms with Gasteiger partial charge < -0.3 is 9.73 Å². The molecule has 2 aromatic rings. The van der Waals surface area contributed by atoms with Crippen molar-refractivity contribution in [2.45, 2.75) is 13.8 Å². The van der Waals surface area contributed by atoms with Gasteiger partial charge in [-0.2, -0.15) is 0 Å². The van der Waals surface area contributed by atoms with Gasteiger partial charge in [-0.15, -0.1) is 0 Å². The van der Waals surface area contributed by atoms with Crippen LogP contribution in [0.5, 0.6) is 0 Å². The SMILES string of the molecule is Cc1ccc(NC(=S)NC(=O)/C=C/c2ccco2)cc1C. The van der Waals surface area contributed by atoms with Crippen molar-refractivity contribution >= 4 is 35.0 Å². The monoisotopic (exact) mass is 300 g/mol. The second-order valence-corrected chi connectivity index (χ2v) is 5.00. The summed E-state index contributed by atoms with van der Waals surface area (Å²) in [5, 5.41) is 5.81. The molecule has 21 heavy (non-hydrogen) atoms. The minimum atomic E-state index is -0.312. The van der Waals surface area contributed by atoms with E-state index in [1.165, 1.54) is 11.6 Å². The van der Waals surface area contributed by atoms with Gasteiger partial charge in [0.25, 0.3) is 0 Å². The standard InChI is InChI=1S/C16H16N2O2S/c1-11-5-6-13(10-12(11)2)17-16(21)18-15(19)8-7-14-4-3-9-20-14/h3-10H,1-2H3,(H2,17,18,19,21)/b8-7+. The van der Waals surface area contributed by atoms with Crippen molar-refractivity contribution in [2.75, 3.05) is 5.32 Å². The van der Waals surface area contributed by atoms with E-state index in [9.17, 15) is 4.79 Å². The highest BCUT2D eigenvalue weighted by molar-refractivity contribution is 7.80. The van der Waals surface area contributed by atoms with Gasteiger partial charge >= 0.3 is 0 Å². The number of furan rings is 1. The highest BCUT2D eigenvalue weighted by atomic mass is 32.1. The summed E-state index contributed by atoms with van der Waals surface area (Å²) >= 11 is 5.10. The summed E-state index contributed by atoms with van der Waals surface area (Å²) in [7, 11) is 0. The van der Waals surface area contributed by atoms with Gasteiger partial charge in [0.1, 0.15) is 5.76 Å². The molecule has 0 radical (unpaired) electrons. The van der Waals surface area contributed by atoms with Crippen LogP contribution in [-0.4, -0.2) is 11.0 Å². The first-order valence-electron chi connectivity index (χ1n) is 6.45. The van der Waals surface area contributed by atoms with Gasteiger partial charge in [-0.1, -0.05) is 6.07 Å². The lowest BCUT2D eigenvalue weighted by Crippen LogP contribution is -2.32. The first-order chi connectivity index (χ1) is 10.0. The van der Waals surface area contributed by atoms with Crippen LogP contribution in [0.1, 0.15) is 16.9 Å². The summed E-state index contributed by atoms with van der Waals surface area (Å²) in [6.07, 6.45) is 4.49. The van der Waals surface area contributed by atoms with Crippen LogP contribution in [0.4, 0.5) is 5.69 Å². The van der Waals surface area contributed by atoms with E-state index in [4.69, 9.17) is 16.6 Å². The Balaban J connectivity index is 1.89. The van der Waals surface area contributed by atoms with Crippen LogP contribution in [0.3, 0.4) is 0 Å². The van der Waals surface area contributed by atoms with Gasteiger partial charge in [0.15, 0.2) is 5.11 Å². The van der Waals surface area contributed by atoms with E-state index in [0.717, 1.165) is 11.3 Å². The number of hydrogen-bond donors (Lipinski definition) is 2. The molecule has 0 fully saturated rings. The van der Waals surface area contributed by atoms with Gasteiger partial charge in [-0.25, -0.2) is 0 Å². The van der Waals surface area contributed by atoms with Crippen LogP contribution in [0, 0.1) is 13.8 Å². The zero-order chi connectivity index (χ0) is 15.2. The van der Waals surface area contributed by atoms with Crippen LogP contribution in [0.15, 0.2) is 47.1 Å². The van der Waals surface area contributed by atoms with Gasteiger partial charge in [0.2, 0.25) is 5.91 Å². The second kappa shape index (κ2) is 6.85. The lowest BCUT2D eigenvalue weighted by Gasteiger charge is -2.09. The molecule has 1 heterocycles. The predicted octanol–water partition coefficient (Wildman–Crippen LogP) is 3.42. The topological polar surface area (TPSA) is 54.3 Å². The smallest absolute Gasteiger partial charge is 0.250 e. The number of rotatable bonds is 3. The van der Waals surface area contributed by atoms with Crippen LogP contribution < -0.4 is 10.6 Å². The number of hydrogen-bond acceptors (Lipinski definition) is 3. The van der Waals surface area contributed by atoms with Crippen LogP contribution in [0.25, 0.3) is 6.08 Å². The molecule has 2 N–H and O–H groups in total. The van der Waals surface area contributed by atoms with Crippen molar-refractivity contribution in [3.63, 3.8) is 0 Å². The van der Waals surface area contributed by atoms with E-state index in [0.29, 0.717) is 5.76 Å². The molecule has 5 heteroatoms. The predicted molar refractivity (Wildman–Crippen MR) is 88.0 cm³/mol. The minimum absolute atomic E-state index is 0.257. The van der Waals surface area contributed by atoms with Gasteiger partial charge in [0.05, 0.1) is 6.26 Å². The molecule has 1 aromatic heterocycles. The molecule has 0 atom stereocenters. The lowest BCUT2D eigenvalue weighted by atomic mass is 10.1. The Bertz CT molecular complexity index is 676. The highest BCUT2D eigenvalue weighted by Crippen LogP contribution is 2.13. The van der Waals surface area contributed by atoms with E-state index >= 15 is 0 Å². The fourth-order valence-corrected chi connectivity index (χ4v) is 1.90. The van der Waals surface area contributed by atoms with E-state index in [2.05, 4.69) is 10.6 Å². The molecule has 0 spiro atoms. The largest absolute Gasteiger partial charge is 0.465 e. The Hall–Kier alpha value is -2.40. The third-order valence-corrected chi connectivity index (χ3v) is 3.15. The average molecular weight is 300 g/mol. The van der Waals surface area contributed by atoms with Gasteiger partial charge in [-0.3, -0.25) is 10.1 Å². The van der Waals surface area contributed by atoms with Crippen molar-refractivity contribution in [3.05, 3.63) is 59.6 Å². The quantitative estimate of drug-likeness (QED) is 0.673. The molecular weight excluding hydrogens is 284 g/mol. The fraction of sp³-hybridized carbons (Fsp3) is 0.125. The molecule has 1 amide bonds. The Kier molecular flexibility index (Phi) is 4.90. The first kappa shape index (κ1) is 15.0. The number of thiocarbonyl (C=S) groups is 1. The normalized spacial score (nSPS) is 10.6. The molecule has 4 nitrogen and oxygen atoms in total. The lowest BCUT2D eigenvalue weighted by molar-refractivity contribution is -0.115. The summed E-state index contributed by atoms with van der Waals surface area (Å²) < 4.78 is 5.09. The van der Waals surface area contributed by atoms with E-state index in [1.54, 1.807) is 24.5 Å². The average Bonchev–Trinajstić information content (AvgIpc) is 2.94. The van der Waals surface area contributed by atoms with Gasteiger partial charge in [-0.05, 0) is 67.5 Å². The zero-order valence-corrected chi connectivity index (χ0v) is 12.7. The fourth-order valence-electron chi connectivity index (χ4n) is 1.68. The second-order valence-electron chi connectivity index (χ2n) is 4.59. The molecular formula is C16H16N2O2S. The summed E-state index contributed by atoms with van der Waals surface area (Å²) in [6.45, 7) is 4.06. The first-order valence-corrected chi connectivity index (χ1v) is 6.86. The minimum Gasteiger partial charge on any atom is -0.465 e. The number of nitrogens with one attached hydrogen (secondary N) is 2. The third-order valence-electron chi connectivity index (χ3n) is 2.94. The van der Waals surface area contributed by atoms with Crippen molar-refractivity contribution in [1.29, 1.82) is 0 Å². The third kappa shape index (κ3) is 4.57. The van der Waals surface area contributed by atoms with E-state index < -0.39 is 0 Å². The molecule has 0 aliphatic carbocycles. The molecule has 0 saturated heterocycles. The van der Waals surface area contributed by atoms with Crippen molar-refractivity contribution < 1.29 is 9.21 Å². The number of benzene rings is 1. The number of anilines is 1. The number of carbonyl (C=O) groups excluding carboxylic acids is 1. The van der Waals surface area contributed by atoms with Crippen LogP contribution in [-0.2, 0) is 4.79 Å². The Morgan fingerprint density at radius 3 is 2.71 bits per heavy atom. The maximum absolute atomic E-state index is 11.7. The Morgan fingerprint density at radius 1 is 1.24 bits per heavy atom. The van der Waals surface area contributed by atoms with E-state index in [1.807, 2.05) is 32.0 Å². The Morgan fingerprint density at radius 2 is 2.05 bits per heavy atom. The van der Waals surface area contributed by atoms with Crippen molar-refractivity contribution in [3.8, 4) is 0 Å². The molecule has 0 bridgehead atoms. The number of carbonyl (C=O) groups is 1. The van der Waals surface area contributed by atoms with E-state index in [-0.39, 0.29) is 11.0 Å². The summed E-state index contributed by atoms with van der Waals surface area (Å²) in [4.78, 5) is 11.7. The molecule has 0 saturated carbocycles. The summed E-state index contributed by atoms with van der Waals surface area (Å²) in [5.74, 6) is 0.297. The maximum Gasteiger partial charge on any atom is 0.250 e. The summed E-state index contributed by atoms with van der Waals surface area (Å²) in [6, 6.07) is 9.41. The number of aryl methyl sites for hydroxylation is 2. The van der Waals surface area contributed by atoms with Crippen molar-refractivity contribution in [1.82, 2.24) is 5.32 Å². The van der Waals surface area contributed by atoms with Crippen molar-refractivity contribution in [2.24, 2.45) is 0 Å². The number of amides is 1. The van der Waals surface area contributed by atoms with Gasteiger partial charge in [0, 0.05) is 11.8 Å². The van der Waals surface area contributed by atoms with Crippen LogP contribution >= 0.6 is 12.2 Å². The molecule has 0 unspecified atom stereocenters. The molecule has 0 aliphatic heterocycles. The maximum atomic E-state index is 11.7.